The maximum absolute atomic E-state index is 12.6. The lowest BCUT2D eigenvalue weighted by molar-refractivity contribution is -0.116. The summed E-state index contributed by atoms with van der Waals surface area (Å²) in [7, 11) is 1.60. The van der Waals surface area contributed by atoms with Gasteiger partial charge in [0.15, 0.2) is 5.78 Å². The second kappa shape index (κ2) is 11.5. The smallest absolute Gasteiger partial charge is 0.244 e. The Morgan fingerprint density at radius 1 is 1.19 bits per heavy atom. The van der Waals surface area contributed by atoms with E-state index in [0.717, 1.165) is 48.1 Å². The number of likely N-dealkylation sites (tertiary alicyclic amines) is 1. The largest absolute Gasteiger partial charge is 0.496 e. The van der Waals surface area contributed by atoms with E-state index in [1.807, 2.05) is 18.2 Å². The summed E-state index contributed by atoms with van der Waals surface area (Å²) >= 11 is 9.33. The maximum atomic E-state index is 12.6. The minimum absolute atomic E-state index is 0.0510. The third kappa shape index (κ3) is 6.92. The van der Waals surface area contributed by atoms with Crippen LogP contribution in [-0.2, 0) is 4.79 Å². The summed E-state index contributed by atoms with van der Waals surface area (Å²) in [5.74, 6) is 0.811. The highest BCUT2D eigenvalue weighted by Gasteiger charge is 2.25. The molecule has 0 aromatic heterocycles. The maximum Gasteiger partial charge on any atom is 0.244 e. The predicted molar refractivity (Wildman–Crippen MR) is 128 cm³/mol. The second-order valence-electron chi connectivity index (χ2n) is 7.50. The molecule has 0 atom stereocenters. The first-order chi connectivity index (χ1) is 15.0. The number of ether oxygens (including phenoxy) is 1. The number of ketones is 1. The molecule has 0 spiro atoms. The Kier molecular flexibility index (Phi) is 8.69. The average molecular weight is 506 g/mol. The summed E-state index contributed by atoms with van der Waals surface area (Å²) in [5, 5.41) is 3.56. The number of benzene rings is 2. The van der Waals surface area contributed by atoms with Crippen molar-refractivity contribution in [2.45, 2.75) is 12.8 Å². The van der Waals surface area contributed by atoms with Gasteiger partial charge in [0.2, 0.25) is 5.91 Å². The first-order valence-electron chi connectivity index (χ1n) is 10.3. The molecule has 3 rings (SSSR count). The van der Waals surface area contributed by atoms with Gasteiger partial charge in [0.25, 0.3) is 0 Å². The van der Waals surface area contributed by atoms with Crippen LogP contribution in [0.3, 0.4) is 0 Å². The number of carbonyl (C=O) groups is 2. The first-order valence-corrected chi connectivity index (χ1v) is 11.4. The molecule has 2 aromatic rings. The molecule has 31 heavy (non-hydrogen) atoms. The fourth-order valence-corrected chi connectivity index (χ4v) is 4.17. The number of amides is 1. The van der Waals surface area contributed by atoms with Crippen LogP contribution in [0.4, 0.5) is 0 Å². The molecule has 7 heteroatoms. The lowest BCUT2D eigenvalue weighted by atomic mass is 9.89. The average Bonchev–Trinajstić information content (AvgIpc) is 2.78. The number of hydrogen-bond acceptors (Lipinski definition) is 4. The number of rotatable bonds is 8. The Hall–Kier alpha value is -2.15. The summed E-state index contributed by atoms with van der Waals surface area (Å²) in [4.78, 5) is 27.1. The number of hydrogen-bond donors (Lipinski definition) is 1. The Balaban J connectivity index is 1.40. The highest BCUT2D eigenvalue weighted by molar-refractivity contribution is 9.10. The molecular weight excluding hydrogens is 480 g/mol. The molecule has 1 fully saturated rings. The van der Waals surface area contributed by atoms with E-state index in [9.17, 15) is 9.59 Å². The molecule has 1 saturated heterocycles. The van der Waals surface area contributed by atoms with Crippen LogP contribution in [0.1, 0.15) is 28.8 Å². The minimum atomic E-state index is -0.144. The van der Waals surface area contributed by atoms with Gasteiger partial charge in [-0.1, -0.05) is 27.5 Å². The Morgan fingerprint density at radius 2 is 1.90 bits per heavy atom. The zero-order valence-electron chi connectivity index (χ0n) is 17.4. The van der Waals surface area contributed by atoms with Crippen molar-refractivity contribution in [2.24, 2.45) is 5.92 Å². The Morgan fingerprint density at radius 3 is 2.58 bits per heavy atom. The van der Waals surface area contributed by atoms with Crippen LogP contribution >= 0.6 is 27.5 Å². The molecular formula is C24H26BrClN2O3. The lowest BCUT2D eigenvalue weighted by Gasteiger charge is -2.31. The summed E-state index contributed by atoms with van der Waals surface area (Å²) in [6.45, 7) is 3.03. The van der Waals surface area contributed by atoms with Gasteiger partial charge in [-0.3, -0.25) is 9.59 Å². The number of nitrogens with zero attached hydrogens (tertiary/aromatic N) is 1. The number of halogens is 2. The van der Waals surface area contributed by atoms with Gasteiger partial charge in [0, 0.05) is 45.7 Å². The van der Waals surface area contributed by atoms with E-state index in [-0.39, 0.29) is 17.6 Å². The molecule has 0 saturated carbocycles. The van der Waals surface area contributed by atoms with Crippen molar-refractivity contribution in [1.82, 2.24) is 10.2 Å². The van der Waals surface area contributed by atoms with E-state index < -0.39 is 0 Å². The van der Waals surface area contributed by atoms with Crippen molar-refractivity contribution in [1.29, 1.82) is 0 Å². The van der Waals surface area contributed by atoms with Crippen molar-refractivity contribution >= 4 is 45.3 Å². The highest BCUT2D eigenvalue weighted by atomic mass is 79.9. The van der Waals surface area contributed by atoms with Crippen LogP contribution in [0.2, 0.25) is 5.02 Å². The number of carbonyl (C=O) groups excluding carboxylic acids is 2. The molecule has 0 aliphatic carbocycles. The zero-order valence-corrected chi connectivity index (χ0v) is 19.8. The first kappa shape index (κ1) is 23.5. The van der Waals surface area contributed by atoms with Crippen LogP contribution in [0.5, 0.6) is 5.75 Å². The molecule has 1 heterocycles. The summed E-state index contributed by atoms with van der Waals surface area (Å²) in [6.07, 6.45) is 4.92. The van der Waals surface area contributed by atoms with E-state index >= 15 is 0 Å². The molecule has 2 aromatic carbocycles. The Bertz CT molecular complexity index is 938. The normalized spacial score (nSPS) is 15.2. The van der Waals surface area contributed by atoms with Gasteiger partial charge in [-0.15, -0.1) is 0 Å². The minimum Gasteiger partial charge on any atom is -0.496 e. The standard InChI is InChI=1S/C24H26BrClN2O3/c1-31-22-8-5-20(25)16-19(22)4-9-23(29)27-12-15-28-13-10-18(11-14-28)24(30)17-2-6-21(26)7-3-17/h2-9,16,18H,10-15H2,1H3,(H,27,29). The highest BCUT2D eigenvalue weighted by Crippen LogP contribution is 2.24. The van der Waals surface area contributed by atoms with Crippen LogP contribution < -0.4 is 10.1 Å². The molecule has 5 nitrogen and oxygen atoms in total. The van der Waals surface area contributed by atoms with Crippen molar-refractivity contribution in [3.05, 3.63) is 69.2 Å². The van der Waals surface area contributed by atoms with Crippen molar-refractivity contribution in [2.75, 3.05) is 33.3 Å². The molecule has 1 aliphatic heterocycles. The van der Waals surface area contributed by atoms with Crippen molar-refractivity contribution in [3.8, 4) is 5.75 Å². The second-order valence-corrected chi connectivity index (χ2v) is 8.85. The molecule has 0 radical (unpaired) electrons. The number of methoxy groups -OCH3 is 1. The van der Waals surface area contributed by atoms with Gasteiger partial charge in [-0.2, -0.15) is 0 Å². The fraction of sp³-hybridized carbons (Fsp3) is 0.333. The molecule has 0 unspecified atom stereocenters. The van der Waals surface area contributed by atoms with Crippen molar-refractivity contribution < 1.29 is 14.3 Å². The van der Waals surface area contributed by atoms with Gasteiger partial charge >= 0.3 is 0 Å². The van der Waals surface area contributed by atoms with E-state index in [1.54, 1.807) is 37.5 Å². The van der Waals surface area contributed by atoms with Gasteiger partial charge < -0.3 is 15.0 Å². The van der Waals surface area contributed by atoms with Gasteiger partial charge in [0.05, 0.1) is 7.11 Å². The molecule has 1 N–H and O–H groups in total. The Labute approximate surface area is 196 Å². The fourth-order valence-electron chi connectivity index (χ4n) is 3.67. The number of nitrogens with one attached hydrogen (secondary N) is 1. The summed E-state index contributed by atoms with van der Waals surface area (Å²) < 4.78 is 6.23. The third-order valence-corrected chi connectivity index (χ3v) is 6.17. The number of piperidine rings is 1. The molecule has 1 aliphatic rings. The van der Waals surface area contributed by atoms with Gasteiger partial charge in [0.1, 0.15) is 5.75 Å². The third-order valence-electron chi connectivity index (χ3n) is 5.42. The monoisotopic (exact) mass is 504 g/mol. The van der Waals surface area contributed by atoms with E-state index in [0.29, 0.717) is 17.3 Å². The lowest BCUT2D eigenvalue weighted by Crippen LogP contribution is -2.40. The molecule has 164 valence electrons. The van der Waals surface area contributed by atoms with Gasteiger partial charge in [-0.05, 0) is 74.5 Å². The number of Topliss-reactive ketones (excluding diaryl/α,β-unsaturated/α-hetero) is 1. The predicted octanol–water partition coefficient (Wildman–Crippen LogP) is 4.84. The van der Waals surface area contributed by atoms with Crippen LogP contribution in [-0.4, -0.2) is 49.9 Å². The van der Waals surface area contributed by atoms with Gasteiger partial charge in [-0.25, -0.2) is 0 Å². The van der Waals surface area contributed by atoms with Crippen molar-refractivity contribution in [3.63, 3.8) is 0 Å². The quantitative estimate of drug-likeness (QED) is 0.412. The molecule has 0 bridgehead atoms. The topological polar surface area (TPSA) is 58.6 Å². The van der Waals surface area contributed by atoms with E-state index in [2.05, 4.69) is 26.1 Å². The SMILES string of the molecule is COc1ccc(Br)cc1C=CC(=O)NCCN1CCC(C(=O)c2ccc(Cl)cc2)CC1. The van der Waals surface area contributed by atoms with Crippen LogP contribution in [0.25, 0.3) is 6.08 Å². The van der Waals surface area contributed by atoms with E-state index in [1.165, 1.54) is 6.08 Å². The van der Waals surface area contributed by atoms with E-state index in [4.69, 9.17) is 16.3 Å². The van der Waals surface area contributed by atoms with Crippen LogP contribution in [0.15, 0.2) is 53.0 Å². The summed E-state index contributed by atoms with van der Waals surface area (Å²) in [6, 6.07) is 12.7. The molecule has 1 amide bonds. The zero-order chi connectivity index (χ0) is 22.2. The summed E-state index contributed by atoms with van der Waals surface area (Å²) in [5.41, 5.74) is 1.56. The van der Waals surface area contributed by atoms with Crippen LogP contribution in [0, 0.1) is 5.92 Å².